The molecule has 1 N–H and O–H groups in total. The number of rotatable bonds is 6. The molecule has 3 nitrogen and oxygen atoms in total. The fourth-order valence-electron chi connectivity index (χ4n) is 2.00. The van der Waals surface area contributed by atoms with Crippen LogP contribution in [-0.4, -0.2) is 38.0 Å². The number of hydrogen-bond acceptors (Lipinski definition) is 2. The summed E-state index contributed by atoms with van der Waals surface area (Å²) in [6.07, 6.45) is 4.11. The highest BCUT2D eigenvalue weighted by Gasteiger charge is 2.04. The molecule has 0 saturated heterocycles. The Morgan fingerprint density at radius 3 is 2.14 bits per heavy atom. The van der Waals surface area contributed by atoms with Crippen LogP contribution in [0.3, 0.4) is 0 Å². The first-order valence-corrected chi connectivity index (χ1v) is 7.41. The highest BCUT2D eigenvalue weighted by Crippen LogP contribution is 2.09. The summed E-state index contributed by atoms with van der Waals surface area (Å²) in [7, 11) is 3.97. The van der Waals surface area contributed by atoms with Crippen LogP contribution >= 0.6 is 0 Å². The topological polar surface area (TPSA) is 32.3 Å². The molecule has 0 saturated carbocycles. The van der Waals surface area contributed by atoms with Gasteiger partial charge in [-0.25, -0.2) is 0 Å². The van der Waals surface area contributed by atoms with E-state index in [-0.39, 0.29) is 5.91 Å². The van der Waals surface area contributed by atoms with Crippen molar-refractivity contribution in [2.75, 3.05) is 27.2 Å². The molecule has 0 aromatic heterocycles. The molecule has 1 amide bonds. The lowest BCUT2D eigenvalue weighted by molar-refractivity contribution is 0.0951. The standard InChI is InChI=1S/C19H22N2O/c1-21(2)15-14-20-19(22)18-12-10-17(11-13-18)9-8-16-6-4-3-5-7-16/h3-13H,14-15H2,1-2H3,(H,20,22)/b9-8+. The summed E-state index contributed by atoms with van der Waals surface area (Å²) in [4.78, 5) is 14.0. The van der Waals surface area contributed by atoms with E-state index in [4.69, 9.17) is 0 Å². The monoisotopic (exact) mass is 294 g/mol. The van der Waals surface area contributed by atoms with Crippen LogP contribution in [0.2, 0.25) is 0 Å². The number of nitrogens with one attached hydrogen (secondary N) is 1. The predicted molar refractivity (Wildman–Crippen MR) is 92.7 cm³/mol. The number of hydrogen-bond donors (Lipinski definition) is 1. The van der Waals surface area contributed by atoms with Crippen LogP contribution in [0.5, 0.6) is 0 Å². The van der Waals surface area contributed by atoms with Gasteiger partial charge in [0.2, 0.25) is 0 Å². The van der Waals surface area contributed by atoms with E-state index in [0.29, 0.717) is 12.1 Å². The van der Waals surface area contributed by atoms with Crippen molar-refractivity contribution in [1.29, 1.82) is 0 Å². The van der Waals surface area contributed by atoms with Gasteiger partial charge in [-0.2, -0.15) is 0 Å². The maximum Gasteiger partial charge on any atom is 0.251 e. The summed E-state index contributed by atoms with van der Waals surface area (Å²) >= 11 is 0. The molecule has 2 rings (SSSR count). The molecule has 2 aromatic rings. The van der Waals surface area contributed by atoms with Crippen LogP contribution in [0, 0.1) is 0 Å². The summed E-state index contributed by atoms with van der Waals surface area (Å²) in [5.41, 5.74) is 2.93. The normalized spacial score (nSPS) is 11.0. The second-order valence-electron chi connectivity index (χ2n) is 5.43. The molecule has 0 heterocycles. The van der Waals surface area contributed by atoms with Crippen molar-refractivity contribution in [3.05, 3.63) is 71.3 Å². The first-order valence-electron chi connectivity index (χ1n) is 7.41. The third-order valence-electron chi connectivity index (χ3n) is 3.29. The fourth-order valence-corrected chi connectivity index (χ4v) is 2.00. The van der Waals surface area contributed by atoms with Gasteiger partial charge in [-0.15, -0.1) is 0 Å². The SMILES string of the molecule is CN(C)CCNC(=O)c1ccc(/C=C/c2ccccc2)cc1. The molecule has 0 atom stereocenters. The lowest BCUT2D eigenvalue weighted by atomic mass is 10.1. The minimum absolute atomic E-state index is 0.0274. The van der Waals surface area contributed by atoms with E-state index in [9.17, 15) is 4.79 Å². The second kappa shape index (κ2) is 8.15. The largest absolute Gasteiger partial charge is 0.351 e. The summed E-state index contributed by atoms with van der Waals surface area (Å²) < 4.78 is 0. The molecule has 0 radical (unpaired) electrons. The van der Waals surface area contributed by atoms with Crippen LogP contribution in [0.25, 0.3) is 12.2 Å². The molecule has 114 valence electrons. The Balaban J connectivity index is 1.92. The zero-order chi connectivity index (χ0) is 15.8. The number of carbonyl (C=O) groups is 1. The van der Waals surface area contributed by atoms with E-state index in [0.717, 1.165) is 17.7 Å². The Hall–Kier alpha value is -2.39. The van der Waals surface area contributed by atoms with Crippen LogP contribution in [0.15, 0.2) is 54.6 Å². The smallest absolute Gasteiger partial charge is 0.251 e. The molecule has 0 aliphatic carbocycles. The van der Waals surface area contributed by atoms with Crippen molar-refractivity contribution in [3.63, 3.8) is 0 Å². The first kappa shape index (κ1) is 16.0. The lowest BCUT2D eigenvalue weighted by Crippen LogP contribution is -2.31. The van der Waals surface area contributed by atoms with Crippen molar-refractivity contribution < 1.29 is 4.79 Å². The fraction of sp³-hybridized carbons (Fsp3) is 0.211. The molecule has 2 aromatic carbocycles. The van der Waals surface area contributed by atoms with Gasteiger partial charge >= 0.3 is 0 Å². The van der Waals surface area contributed by atoms with Crippen molar-refractivity contribution in [2.24, 2.45) is 0 Å². The summed E-state index contributed by atoms with van der Waals surface area (Å²) in [5, 5.41) is 2.91. The summed E-state index contributed by atoms with van der Waals surface area (Å²) in [5.74, 6) is -0.0274. The molecule has 0 unspecified atom stereocenters. The van der Waals surface area contributed by atoms with E-state index >= 15 is 0 Å². The van der Waals surface area contributed by atoms with Gasteiger partial charge in [-0.05, 0) is 37.4 Å². The Kier molecular flexibility index (Phi) is 5.92. The second-order valence-corrected chi connectivity index (χ2v) is 5.43. The highest BCUT2D eigenvalue weighted by molar-refractivity contribution is 5.94. The third kappa shape index (κ3) is 5.19. The number of benzene rings is 2. The minimum Gasteiger partial charge on any atom is -0.351 e. The lowest BCUT2D eigenvalue weighted by Gasteiger charge is -2.10. The van der Waals surface area contributed by atoms with Crippen LogP contribution in [0.4, 0.5) is 0 Å². The van der Waals surface area contributed by atoms with Gasteiger partial charge in [0.1, 0.15) is 0 Å². The van der Waals surface area contributed by atoms with Gasteiger partial charge < -0.3 is 10.2 Å². The molecule has 0 bridgehead atoms. The van der Waals surface area contributed by atoms with Crippen LogP contribution in [-0.2, 0) is 0 Å². The molecule has 0 aliphatic rings. The number of nitrogens with zero attached hydrogens (tertiary/aromatic N) is 1. The minimum atomic E-state index is -0.0274. The molecule has 3 heteroatoms. The number of amides is 1. The molecule has 22 heavy (non-hydrogen) atoms. The third-order valence-corrected chi connectivity index (χ3v) is 3.29. The van der Waals surface area contributed by atoms with E-state index < -0.39 is 0 Å². The zero-order valence-corrected chi connectivity index (χ0v) is 13.1. The Morgan fingerprint density at radius 1 is 0.955 bits per heavy atom. The Bertz CT molecular complexity index is 616. The van der Waals surface area contributed by atoms with Gasteiger partial charge in [0, 0.05) is 18.7 Å². The van der Waals surface area contributed by atoms with Gasteiger partial charge in [0.05, 0.1) is 0 Å². The average Bonchev–Trinajstić information content (AvgIpc) is 2.54. The van der Waals surface area contributed by atoms with Crippen LogP contribution < -0.4 is 5.32 Å². The first-order chi connectivity index (χ1) is 10.6. The van der Waals surface area contributed by atoms with Gasteiger partial charge in [0.15, 0.2) is 0 Å². The molecule has 0 fully saturated rings. The maximum absolute atomic E-state index is 12.0. The predicted octanol–water partition coefficient (Wildman–Crippen LogP) is 3.15. The zero-order valence-electron chi connectivity index (χ0n) is 13.1. The van der Waals surface area contributed by atoms with Gasteiger partial charge in [0.25, 0.3) is 5.91 Å². The van der Waals surface area contributed by atoms with Crippen LogP contribution in [0.1, 0.15) is 21.5 Å². The summed E-state index contributed by atoms with van der Waals surface area (Å²) in [6.45, 7) is 1.49. The maximum atomic E-state index is 12.0. The Morgan fingerprint density at radius 2 is 1.55 bits per heavy atom. The highest BCUT2D eigenvalue weighted by atomic mass is 16.1. The quantitative estimate of drug-likeness (QED) is 0.830. The number of likely N-dealkylation sites (N-methyl/N-ethyl adjacent to an activating group) is 1. The Labute approximate surface area is 132 Å². The summed E-state index contributed by atoms with van der Waals surface area (Å²) in [6, 6.07) is 17.8. The van der Waals surface area contributed by atoms with Crippen molar-refractivity contribution in [1.82, 2.24) is 10.2 Å². The van der Waals surface area contributed by atoms with Gasteiger partial charge in [-0.1, -0.05) is 54.6 Å². The van der Waals surface area contributed by atoms with Gasteiger partial charge in [-0.3, -0.25) is 4.79 Å². The van der Waals surface area contributed by atoms with E-state index in [2.05, 4.69) is 23.5 Å². The molecule has 0 spiro atoms. The van der Waals surface area contributed by atoms with Crippen molar-refractivity contribution in [2.45, 2.75) is 0 Å². The van der Waals surface area contributed by atoms with Crippen molar-refractivity contribution >= 4 is 18.1 Å². The van der Waals surface area contributed by atoms with E-state index in [1.165, 1.54) is 0 Å². The average molecular weight is 294 g/mol. The number of carbonyl (C=O) groups excluding carboxylic acids is 1. The molecular formula is C19H22N2O. The van der Waals surface area contributed by atoms with E-state index in [1.807, 2.05) is 67.5 Å². The molecule has 0 aliphatic heterocycles. The van der Waals surface area contributed by atoms with Crippen molar-refractivity contribution in [3.8, 4) is 0 Å². The molecular weight excluding hydrogens is 272 g/mol. The van der Waals surface area contributed by atoms with E-state index in [1.54, 1.807) is 0 Å².